The summed E-state index contributed by atoms with van der Waals surface area (Å²) in [4.78, 5) is 14.2. The molecule has 2 rings (SSSR count). The Bertz CT molecular complexity index is 490. The predicted molar refractivity (Wildman–Crippen MR) is 76.5 cm³/mol. The fourth-order valence-electron chi connectivity index (χ4n) is 2.36. The van der Waals surface area contributed by atoms with Crippen LogP contribution in [0.5, 0.6) is 0 Å². The van der Waals surface area contributed by atoms with Crippen molar-refractivity contribution in [2.75, 3.05) is 19.6 Å². The Morgan fingerprint density at radius 2 is 2.20 bits per heavy atom. The van der Waals surface area contributed by atoms with E-state index < -0.39 is 5.60 Å². The number of hydrogen-bond acceptors (Lipinski definition) is 4. The van der Waals surface area contributed by atoms with Crippen molar-refractivity contribution in [1.29, 1.82) is 0 Å². The summed E-state index contributed by atoms with van der Waals surface area (Å²) < 4.78 is 7.34. The Morgan fingerprint density at radius 3 is 2.75 bits per heavy atom. The third-order valence-corrected chi connectivity index (χ3v) is 3.50. The van der Waals surface area contributed by atoms with Gasteiger partial charge < -0.3 is 10.1 Å². The third-order valence-electron chi connectivity index (χ3n) is 3.50. The van der Waals surface area contributed by atoms with Crippen molar-refractivity contribution in [3.63, 3.8) is 0 Å². The van der Waals surface area contributed by atoms with Crippen LogP contribution in [0.15, 0.2) is 6.20 Å². The number of amides is 1. The molecule has 1 unspecified atom stereocenters. The van der Waals surface area contributed by atoms with Crippen LogP contribution < -0.4 is 5.32 Å². The molecule has 0 aromatic carbocycles. The number of nitrogens with zero attached hydrogens (tertiary/aromatic N) is 3. The van der Waals surface area contributed by atoms with Gasteiger partial charge in [0.25, 0.3) is 0 Å². The highest BCUT2D eigenvalue weighted by molar-refractivity contribution is 5.69. The monoisotopic (exact) mass is 280 g/mol. The summed E-state index contributed by atoms with van der Waals surface area (Å²) in [5.41, 5.74) is 1.68. The molecular weight excluding hydrogens is 256 g/mol. The number of aryl methyl sites for hydroxylation is 1. The molecule has 1 aromatic heterocycles. The summed E-state index contributed by atoms with van der Waals surface area (Å²) in [6.45, 7) is 9.84. The number of aromatic nitrogens is 2. The van der Waals surface area contributed by atoms with E-state index >= 15 is 0 Å². The molecule has 1 N–H and O–H groups in total. The van der Waals surface area contributed by atoms with Gasteiger partial charge in [0.05, 0.1) is 12.2 Å². The van der Waals surface area contributed by atoms with Gasteiger partial charge in [-0.15, -0.1) is 0 Å². The second-order valence-corrected chi connectivity index (χ2v) is 6.20. The molecule has 0 spiro atoms. The Balaban J connectivity index is 2.21. The number of rotatable bonds is 1. The van der Waals surface area contributed by atoms with Crippen molar-refractivity contribution >= 4 is 6.09 Å². The SMILES string of the molecule is Cc1c(C2CNCCN2C(=O)OC(C)(C)C)cnn1C. The Kier molecular flexibility index (Phi) is 4.04. The van der Waals surface area contributed by atoms with Crippen molar-refractivity contribution < 1.29 is 9.53 Å². The number of carbonyl (C=O) groups excluding carboxylic acids is 1. The first-order valence-electron chi connectivity index (χ1n) is 6.98. The first-order chi connectivity index (χ1) is 9.29. The van der Waals surface area contributed by atoms with Crippen LogP contribution in [0.4, 0.5) is 4.79 Å². The lowest BCUT2D eigenvalue weighted by molar-refractivity contribution is 0.0117. The number of piperazine rings is 1. The number of nitrogens with one attached hydrogen (secondary N) is 1. The van der Waals surface area contributed by atoms with E-state index in [9.17, 15) is 4.79 Å². The number of carbonyl (C=O) groups is 1. The van der Waals surface area contributed by atoms with Gasteiger partial charge in [0.15, 0.2) is 0 Å². The summed E-state index contributed by atoms with van der Waals surface area (Å²) in [7, 11) is 1.91. The zero-order valence-electron chi connectivity index (χ0n) is 12.9. The van der Waals surface area contributed by atoms with E-state index in [0.717, 1.165) is 24.3 Å². The molecule has 1 saturated heterocycles. The maximum atomic E-state index is 12.4. The maximum Gasteiger partial charge on any atom is 0.410 e. The van der Waals surface area contributed by atoms with Gasteiger partial charge in [-0.1, -0.05) is 0 Å². The molecule has 1 aliphatic heterocycles. The van der Waals surface area contributed by atoms with Gasteiger partial charge in [0.1, 0.15) is 5.60 Å². The second kappa shape index (κ2) is 5.44. The molecule has 6 heteroatoms. The molecule has 1 atom stereocenters. The number of hydrogen-bond donors (Lipinski definition) is 1. The summed E-state index contributed by atoms with van der Waals surface area (Å²) in [5, 5.41) is 7.60. The molecule has 112 valence electrons. The van der Waals surface area contributed by atoms with E-state index in [1.807, 2.05) is 45.6 Å². The largest absolute Gasteiger partial charge is 0.444 e. The molecule has 20 heavy (non-hydrogen) atoms. The molecule has 6 nitrogen and oxygen atoms in total. The van der Waals surface area contributed by atoms with Crippen LogP contribution in [0.25, 0.3) is 0 Å². The van der Waals surface area contributed by atoms with E-state index in [2.05, 4.69) is 10.4 Å². The Hall–Kier alpha value is -1.56. The van der Waals surface area contributed by atoms with E-state index in [1.165, 1.54) is 0 Å². The standard InChI is InChI=1S/C14H24N4O2/c1-10-11(8-16-17(10)5)12-9-15-6-7-18(12)13(19)20-14(2,3)4/h8,12,15H,6-7,9H2,1-5H3. The van der Waals surface area contributed by atoms with Crippen LogP contribution >= 0.6 is 0 Å². The van der Waals surface area contributed by atoms with Crippen LogP contribution in [0.2, 0.25) is 0 Å². The molecule has 2 heterocycles. The van der Waals surface area contributed by atoms with E-state index in [1.54, 1.807) is 4.90 Å². The van der Waals surface area contributed by atoms with Crippen LogP contribution in [0.3, 0.4) is 0 Å². The van der Waals surface area contributed by atoms with Gasteiger partial charge >= 0.3 is 6.09 Å². The maximum absolute atomic E-state index is 12.4. The fourth-order valence-corrected chi connectivity index (χ4v) is 2.36. The molecule has 0 saturated carbocycles. The lowest BCUT2D eigenvalue weighted by Gasteiger charge is -2.37. The molecular formula is C14H24N4O2. The van der Waals surface area contributed by atoms with E-state index in [-0.39, 0.29) is 12.1 Å². The summed E-state index contributed by atoms with van der Waals surface area (Å²) in [6, 6.07) is -0.0210. The fraction of sp³-hybridized carbons (Fsp3) is 0.714. The minimum absolute atomic E-state index is 0.0210. The highest BCUT2D eigenvalue weighted by atomic mass is 16.6. The van der Waals surface area contributed by atoms with Gasteiger partial charge in [-0.2, -0.15) is 5.10 Å². The molecule has 1 aliphatic rings. The topological polar surface area (TPSA) is 59.4 Å². The van der Waals surface area contributed by atoms with Crippen molar-refractivity contribution in [3.05, 3.63) is 17.5 Å². The second-order valence-electron chi connectivity index (χ2n) is 6.20. The van der Waals surface area contributed by atoms with Crippen molar-refractivity contribution in [3.8, 4) is 0 Å². The first kappa shape index (κ1) is 14.8. The Labute approximate surface area is 120 Å². The minimum Gasteiger partial charge on any atom is -0.444 e. The molecule has 1 amide bonds. The minimum atomic E-state index is -0.476. The summed E-state index contributed by atoms with van der Waals surface area (Å²) >= 11 is 0. The molecule has 0 bridgehead atoms. The van der Waals surface area contributed by atoms with Gasteiger partial charge in [0, 0.05) is 37.9 Å². The predicted octanol–water partition coefficient (Wildman–Crippen LogP) is 1.61. The summed E-state index contributed by atoms with van der Waals surface area (Å²) in [6.07, 6.45) is 1.58. The quantitative estimate of drug-likeness (QED) is 0.849. The zero-order chi connectivity index (χ0) is 14.9. The van der Waals surface area contributed by atoms with Gasteiger partial charge in [0.2, 0.25) is 0 Å². The van der Waals surface area contributed by atoms with Crippen molar-refractivity contribution in [1.82, 2.24) is 20.0 Å². The van der Waals surface area contributed by atoms with E-state index in [4.69, 9.17) is 4.74 Å². The molecule has 0 aliphatic carbocycles. The highest BCUT2D eigenvalue weighted by Crippen LogP contribution is 2.26. The average molecular weight is 280 g/mol. The zero-order valence-corrected chi connectivity index (χ0v) is 12.9. The lowest BCUT2D eigenvalue weighted by Crippen LogP contribution is -2.50. The first-order valence-corrected chi connectivity index (χ1v) is 6.98. The van der Waals surface area contributed by atoms with Crippen molar-refractivity contribution in [2.24, 2.45) is 7.05 Å². The van der Waals surface area contributed by atoms with Gasteiger partial charge in [-0.25, -0.2) is 4.79 Å². The molecule has 1 aromatic rings. The molecule has 1 fully saturated rings. The lowest BCUT2D eigenvalue weighted by atomic mass is 10.0. The van der Waals surface area contributed by atoms with Crippen molar-refractivity contribution in [2.45, 2.75) is 39.3 Å². The smallest absolute Gasteiger partial charge is 0.410 e. The molecule has 0 radical (unpaired) electrons. The van der Waals surface area contributed by atoms with Gasteiger partial charge in [-0.05, 0) is 27.7 Å². The van der Waals surface area contributed by atoms with E-state index in [0.29, 0.717) is 6.54 Å². The number of ether oxygens (including phenoxy) is 1. The average Bonchev–Trinajstić information content (AvgIpc) is 2.68. The van der Waals surface area contributed by atoms with Crippen LogP contribution in [0, 0.1) is 6.92 Å². The normalized spacial score (nSPS) is 20.1. The highest BCUT2D eigenvalue weighted by Gasteiger charge is 2.32. The summed E-state index contributed by atoms with van der Waals surface area (Å²) in [5.74, 6) is 0. The Morgan fingerprint density at radius 1 is 1.50 bits per heavy atom. The van der Waals surface area contributed by atoms with Crippen LogP contribution in [-0.2, 0) is 11.8 Å². The van der Waals surface area contributed by atoms with Crippen LogP contribution in [0.1, 0.15) is 38.1 Å². The van der Waals surface area contributed by atoms with Crippen LogP contribution in [-0.4, -0.2) is 46.0 Å². The van der Waals surface area contributed by atoms with Gasteiger partial charge in [-0.3, -0.25) is 9.58 Å². The third kappa shape index (κ3) is 3.12.